The molecule has 1 heterocycles. The average Bonchev–Trinajstić information content (AvgIpc) is 2.34. The van der Waals surface area contributed by atoms with Gasteiger partial charge in [-0.3, -0.25) is 9.78 Å². The van der Waals surface area contributed by atoms with Gasteiger partial charge in [-0.2, -0.15) is 0 Å². The minimum absolute atomic E-state index is 0.437. The summed E-state index contributed by atoms with van der Waals surface area (Å²) in [4.78, 5) is 14.6. The molecule has 86 valence electrons. The van der Waals surface area contributed by atoms with Gasteiger partial charge in [0, 0.05) is 17.4 Å². The SMILES string of the molecule is Cc1cc(N)c(C)c(-c2ccc(C=O)nc2)c1. The first kappa shape index (κ1) is 11.3. The van der Waals surface area contributed by atoms with Crippen LogP contribution in [0.5, 0.6) is 0 Å². The number of nitrogens with two attached hydrogens (primary N) is 1. The second-order valence-electron chi connectivity index (χ2n) is 4.12. The first-order chi connectivity index (χ1) is 8.11. The van der Waals surface area contributed by atoms with E-state index in [0.29, 0.717) is 5.69 Å². The number of benzene rings is 1. The molecule has 0 radical (unpaired) electrons. The van der Waals surface area contributed by atoms with Crippen molar-refractivity contribution in [2.24, 2.45) is 0 Å². The van der Waals surface area contributed by atoms with Gasteiger partial charge in [-0.25, -0.2) is 0 Å². The fourth-order valence-electron chi connectivity index (χ4n) is 1.82. The van der Waals surface area contributed by atoms with E-state index in [2.05, 4.69) is 11.1 Å². The van der Waals surface area contributed by atoms with Crippen molar-refractivity contribution in [3.05, 3.63) is 47.3 Å². The minimum Gasteiger partial charge on any atom is -0.398 e. The molecule has 1 aromatic heterocycles. The highest BCUT2D eigenvalue weighted by Gasteiger charge is 2.06. The monoisotopic (exact) mass is 226 g/mol. The highest BCUT2D eigenvalue weighted by atomic mass is 16.1. The molecular weight excluding hydrogens is 212 g/mol. The Bertz CT molecular complexity index is 559. The van der Waals surface area contributed by atoms with Crippen molar-refractivity contribution in [1.29, 1.82) is 0 Å². The van der Waals surface area contributed by atoms with Gasteiger partial charge in [-0.05, 0) is 42.7 Å². The van der Waals surface area contributed by atoms with Crippen molar-refractivity contribution in [3.8, 4) is 11.1 Å². The predicted molar refractivity (Wildman–Crippen MR) is 68.9 cm³/mol. The van der Waals surface area contributed by atoms with Gasteiger partial charge in [0.2, 0.25) is 0 Å². The summed E-state index contributed by atoms with van der Waals surface area (Å²) in [5.74, 6) is 0. The van der Waals surface area contributed by atoms with Gasteiger partial charge in [-0.1, -0.05) is 12.1 Å². The van der Waals surface area contributed by atoms with Gasteiger partial charge in [0.15, 0.2) is 6.29 Å². The first-order valence-corrected chi connectivity index (χ1v) is 5.40. The lowest BCUT2D eigenvalue weighted by molar-refractivity contribution is 0.111. The smallest absolute Gasteiger partial charge is 0.168 e. The second-order valence-corrected chi connectivity index (χ2v) is 4.12. The van der Waals surface area contributed by atoms with Crippen molar-refractivity contribution in [2.75, 3.05) is 5.73 Å². The molecule has 2 N–H and O–H groups in total. The quantitative estimate of drug-likeness (QED) is 0.632. The Balaban J connectivity index is 2.55. The standard InChI is InChI=1S/C14H14N2O/c1-9-5-13(10(2)14(15)6-9)11-3-4-12(8-17)16-7-11/h3-8H,15H2,1-2H3. The van der Waals surface area contributed by atoms with E-state index in [9.17, 15) is 4.79 Å². The topological polar surface area (TPSA) is 56.0 Å². The largest absolute Gasteiger partial charge is 0.398 e. The van der Waals surface area contributed by atoms with Gasteiger partial charge in [-0.15, -0.1) is 0 Å². The van der Waals surface area contributed by atoms with Crippen molar-refractivity contribution in [3.63, 3.8) is 0 Å². The lowest BCUT2D eigenvalue weighted by Gasteiger charge is -2.10. The number of carbonyl (C=O) groups is 1. The molecule has 0 amide bonds. The highest BCUT2D eigenvalue weighted by Crippen LogP contribution is 2.28. The molecule has 0 unspecified atom stereocenters. The molecule has 1 aromatic carbocycles. The van der Waals surface area contributed by atoms with E-state index in [1.54, 1.807) is 12.3 Å². The molecule has 0 atom stereocenters. The third-order valence-corrected chi connectivity index (χ3v) is 2.81. The normalized spacial score (nSPS) is 10.2. The summed E-state index contributed by atoms with van der Waals surface area (Å²) in [5, 5.41) is 0. The van der Waals surface area contributed by atoms with E-state index >= 15 is 0 Å². The Morgan fingerprint density at radius 3 is 2.59 bits per heavy atom. The van der Waals surface area contributed by atoms with Crippen molar-refractivity contribution in [1.82, 2.24) is 4.98 Å². The van der Waals surface area contributed by atoms with Crippen LogP contribution in [0.25, 0.3) is 11.1 Å². The molecule has 0 spiro atoms. The zero-order valence-corrected chi connectivity index (χ0v) is 9.90. The Kier molecular flexibility index (Phi) is 2.91. The van der Waals surface area contributed by atoms with Crippen LogP contribution in [0.1, 0.15) is 21.6 Å². The fourth-order valence-corrected chi connectivity index (χ4v) is 1.82. The van der Waals surface area contributed by atoms with Crippen LogP contribution < -0.4 is 5.73 Å². The number of carbonyl (C=O) groups excluding carboxylic acids is 1. The van der Waals surface area contributed by atoms with Crippen LogP contribution in [-0.4, -0.2) is 11.3 Å². The van der Waals surface area contributed by atoms with E-state index in [4.69, 9.17) is 5.73 Å². The summed E-state index contributed by atoms with van der Waals surface area (Å²) in [6, 6.07) is 7.62. The van der Waals surface area contributed by atoms with E-state index in [1.807, 2.05) is 26.0 Å². The number of aryl methyl sites for hydroxylation is 1. The van der Waals surface area contributed by atoms with Crippen LogP contribution in [0, 0.1) is 13.8 Å². The van der Waals surface area contributed by atoms with Gasteiger partial charge in [0.05, 0.1) is 0 Å². The molecule has 0 fully saturated rings. The Morgan fingerprint density at radius 1 is 1.24 bits per heavy atom. The summed E-state index contributed by atoms with van der Waals surface area (Å²) in [6.45, 7) is 3.99. The maximum Gasteiger partial charge on any atom is 0.168 e. The highest BCUT2D eigenvalue weighted by molar-refractivity contribution is 5.76. The summed E-state index contributed by atoms with van der Waals surface area (Å²) in [7, 11) is 0. The first-order valence-electron chi connectivity index (χ1n) is 5.40. The van der Waals surface area contributed by atoms with E-state index in [1.165, 1.54) is 0 Å². The van der Waals surface area contributed by atoms with Gasteiger partial charge >= 0.3 is 0 Å². The van der Waals surface area contributed by atoms with Crippen LogP contribution >= 0.6 is 0 Å². The fraction of sp³-hybridized carbons (Fsp3) is 0.143. The maximum absolute atomic E-state index is 10.5. The molecule has 2 rings (SSSR count). The molecule has 0 aliphatic carbocycles. The molecule has 2 aromatic rings. The summed E-state index contributed by atoms with van der Waals surface area (Å²) in [5.41, 5.74) is 11.3. The molecule has 0 aliphatic rings. The number of hydrogen-bond donors (Lipinski definition) is 1. The molecule has 0 saturated carbocycles. The van der Waals surface area contributed by atoms with Crippen LogP contribution in [0.2, 0.25) is 0 Å². The Morgan fingerprint density at radius 2 is 2.00 bits per heavy atom. The van der Waals surface area contributed by atoms with Gasteiger partial charge in [0.1, 0.15) is 5.69 Å². The van der Waals surface area contributed by atoms with E-state index < -0.39 is 0 Å². The molecule has 3 heteroatoms. The molecule has 17 heavy (non-hydrogen) atoms. The van der Waals surface area contributed by atoms with Gasteiger partial charge in [0.25, 0.3) is 0 Å². The van der Waals surface area contributed by atoms with E-state index in [0.717, 1.165) is 34.2 Å². The van der Waals surface area contributed by atoms with Crippen molar-refractivity contribution >= 4 is 12.0 Å². The molecular formula is C14H14N2O. The van der Waals surface area contributed by atoms with Gasteiger partial charge < -0.3 is 5.73 Å². The number of pyridine rings is 1. The van der Waals surface area contributed by atoms with Crippen molar-refractivity contribution < 1.29 is 4.79 Å². The van der Waals surface area contributed by atoms with Crippen LogP contribution in [0.4, 0.5) is 5.69 Å². The maximum atomic E-state index is 10.5. The number of aldehydes is 1. The third-order valence-electron chi connectivity index (χ3n) is 2.81. The summed E-state index contributed by atoms with van der Waals surface area (Å²) < 4.78 is 0. The Labute approximate surface area is 100 Å². The number of aromatic nitrogens is 1. The van der Waals surface area contributed by atoms with Crippen molar-refractivity contribution in [2.45, 2.75) is 13.8 Å². The third kappa shape index (κ3) is 2.18. The predicted octanol–water partition coefficient (Wildman–Crippen LogP) is 2.76. The summed E-state index contributed by atoms with van der Waals surface area (Å²) in [6.07, 6.45) is 2.44. The number of anilines is 1. The number of nitrogens with zero attached hydrogens (tertiary/aromatic N) is 1. The summed E-state index contributed by atoms with van der Waals surface area (Å²) >= 11 is 0. The van der Waals surface area contributed by atoms with Crippen LogP contribution in [0.15, 0.2) is 30.5 Å². The molecule has 0 saturated heterocycles. The minimum atomic E-state index is 0.437. The van der Waals surface area contributed by atoms with E-state index in [-0.39, 0.29) is 0 Å². The van der Waals surface area contributed by atoms with Crippen LogP contribution in [0.3, 0.4) is 0 Å². The number of hydrogen-bond acceptors (Lipinski definition) is 3. The number of nitrogen functional groups attached to an aromatic ring is 1. The lowest BCUT2D eigenvalue weighted by Crippen LogP contribution is -1.95. The molecule has 0 aliphatic heterocycles. The number of rotatable bonds is 2. The Hall–Kier alpha value is -2.16. The average molecular weight is 226 g/mol. The zero-order valence-electron chi connectivity index (χ0n) is 9.90. The molecule has 0 bridgehead atoms. The second kappa shape index (κ2) is 4.37. The molecule has 3 nitrogen and oxygen atoms in total. The zero-order chi connectivity index (χ0) is 12.4. The van der Waals surface area contributed by atoms with Crippen LogP contribution in [-0.2, 0) is 0 Å². The lowest BCUT2D eigenvalue weighted by atomic mass is 9.98.